The highest BCUT2D eigenvalue weighted by Gasteiger charge is 2.44. The highest BCUT2D eigenvalue weighted by molar-refractivity contribution is 5.95. The number of hydrogen-bond donors (Lipinski definition) is 6. The molecule has 0 saturated carbocycles. The van der Waals surface area contributed by atoms with Crippen LogP contribution in [0.2, 0.25) is 0 Å². The highest BCUT2D eigenvalue weighted by Crippen LogP contribution is 2.35. The predicted octanol–water partition coefficient (Wildman–Crippen LogP) is 1.91. The zero-order valence-corrected chi connectivity index (χ0v) is 28.5. The summed E-state index contributed by atoms with van der Waals surface area (Å²) in [5.41, 5.74) is 20.1. The molecule has 4 amide bonds. The van der Waals surface area contributed by atoms with Crippen LogP contribution in [0.1, 0.15) is 76.3 Å². The maximum atomic E-state index is 14.0. The lowest BCUT2D eigenvalue weighted by molar-refractivity contribution is -0.141. The van der Waals surface area contributed by atoms with Crippen LogP contribution in [-0.4, -0.2) is 77.4 Å². The molecule has 6 atom stereocenters. The molecule has 48 heavy (non-hydrogen) atoms. The van der Waals surface area contributed by atoms with Crippen molar-refractivity contribution < 1.29 is 19.2 Å². The molecular weight excluding hydrogens is 606 g/mol. The van der Waals surface area contributed by atoms with Crippen LogP contribution in [0.15, 0.2) is 60.7 Å². The smallest absolute Gasteiger partial charge is 0.245 e. The number of piperidine rings is 1. The molecule has 9 N–H and O–H groups in total. The van der Waals surface area contributed by atoms with Gasteiger partial charge in [-0.25, -0.2) is 0 Å². The van der Waals surface area contributed by atoms with Crippen molar-refractivity contribution in [3.8, 4) is 0 Å². The van der Waals surface area contributed by atoms with Crippen molar-refractivity contribution in [3.63, 3.8) is 0 Å². The Kier molecular flexibility index (Phi) is 14.0. The number of amides is 4. The first-order valence-corrected chi connectivity index (χ1v) is 17.6. The summed E-state index contributed by atoms with van der Waals surface area (Å²) in [6.45, 7) is 4.43. The number of benzene rings is 2. The van der Waals surface area contributed by atoms with Gasteiger partial charge in [-0.05, 0) is 81.4 Å². The molecule has 2 aliphatic heterocycles. The van der Waals surface area contributed by atoms with Crippen molar-refractivity contribution in [2.24, 2.45) is 23.1 Å². The van der Waals surface area contributed by atoms with Crippen LogP contribution in [0, 0.1) is 5.92 Å². The minimum atomic E-state index is -0.973. The number of nitrogens with zero attached hydrogens (tertiary/aromatic N) is 1. The first kappa shape index (κ1) is 37.0. The van der Waals surface area contributed by atoms with E-state index in [2.05, 4.69) is 16.0 Å². The Morgan fingerprint density at radius 2 is 1.27 bits per heavy atom. The van der Waals surface area contributed by atoms with Gasteiger partial charge in [-0.1, -0.05) is 74.5 Å². The van der Waals surface area contributed by atoms with Crippen molar-refractivity contribution in [1.82, 2.24) is 20.9 Å². The van der Waals surface area contributed by atoms with E-state index in [9.17, 15) is 19.2 Å². The molecule has 11 nitrogen and oxygen atoms in total. The van der Waals surface area contributed by atoms with E-state index in [1.807, 2.05) is 79.4 Å². The van der Waals surface area contributed by atoms with Crippen molar-refractivity contribution in [2.45, 2.75) is 120 Å². The standard InChI is InChI=1S/C37H55N7O4/c1-24(2)19-32(35(46)41-31(15-9-10-18-38)37(48)44-28-16-17-29(44)23-27(39)22-28)43-36(47)33(21-26-13-7-4-8-14-26)42-34(45)30(40)20-25-11-5-3-6-12-25/h3-8,11-14,24,27-33H,9-10,15-23,38-40H2,1-2H3,(H,41,46)(H,42,45)(H,43,47). The Morgan fingerprint density at radius 1 is 0.750 bits per heavy atom. The molecule has 0 radical (unpaired) electrons. The van der Waals surface area contributed by atoms with E-state index in [4.69, 9.17) is 17.2 Å². The van der Waals surface area contributed by atoms with E-state index in [0.29, 0.717) is 32.2 Å². The highest BCUT2D eigenvalue weighted by atomic mass is 16.2. The van der Waals surface area contributed by atoms with E-state index in [1.165, 1.54) is 0 Å². The minimum absolute atomic E-state index is 0.0633. The van der Waals surface area contributed by atoms with Crippen LogP contribution in [0.25, 0.3) is 0 Å². The third kappa shape index (κ3) is 10.6. The SMILES string of the molecule is CC(C)CC(NC(=O)C(Cc1ccccc1)NC(=O)C(N)Cc1ccccc1)C(=O)NC(CCCCN)C(=O)N1C2CCC1CC(N)C2. The number of nitrogens with two attached hydrogens (primary N) is 3. The van der Waals surface area contributed by atoms with Gasteiger partial charge in [0.1, 0.15) is 18.1 Å². The molecule has 2 aliphatic rings. The van der Waals surface area contributed by atoms with Crippen LogP contribution >= 0.6 is 0 Å². The lowest BCUT2D eigenvalue weighted by Crippen LogP contribution is -2.60. The fourth-order valence-corrected chi connectivity index (χ4v) is 7.06. The van der Waals surface area contributed by atoms with Crippen LogP contribution in [0.3, 0.4) is 0 Å². The lowest BCUT2D eigenvalue weighted by atomic mass is 9.96. The molecule has 2 heterocycles. The van der Waals surface area contributed by atoms with Crippen molar-refractivity contribution in [3.05, 3.63) is 71.8 Å². The molecule has 2 aromatic carbocycles. The Labute approximate surface area is 285 Å². The van der Waals surface area contributed by atoms with Gasteiger partial charge in [-0.2, -0.15) is 0 Å². The molecule has 6 unspecified atom stereocenters. The number of carbonyl (C=O) groups excluding carboxylic acids is 4. The monoisotopic (exact) mass is 661 g/mol. The van der Waals surface area contributed by atoms with Crippen LogP contribution in [-0.2, 0) is 32.0 Å². The predicted molar refractivity (Wildman–Crippen MR) is 187 cm³/mol. The molecule has 2 saturated heterocycles. The number of hydrogen-bond acceptors (Lipinski definition) is 7. The van der Waals surface area contributed by atoms with Gasteiger partial charge in [-0.3, -0.25) is 19.2 Å². The summed E-state index contributed by atoms with van der Waals surface area (Å²) in [5, 5.41) is 8.78. The third-order valence-electron chi connectivity index (χ3n) is 9.48. The number of carbonyl (C=O) groups is 4. The molecule has 11 heteroatoms. The largest absolute Gasteiger partial charge is 0.343 e. The summed E-state index contributed by atoms with van der Waals surface area (Å²) >= 11 is 0. The zero-order valence-electron chi connectivity index (χ0n) is 28.5. The summed E-state index contributed by atoms with van der Waals surface area (Å²) in [7, 11) is 0. The first-order chi connectivity index (χ1) is 23.0. The summed E-state index contributed by atoms with van der Waals surface area (Å²) in [5.74, 6) is -1.39. The van der Waals surface area contributed by atoms with Crippen molar-refractivity contribution in [2.75, 3.05) is 6.54 Å². The van der Waals surface area contributed by atoms with Gasteiger partial charge in [0.05, 0.1) is 6.04 Å². The first-order valence-electron chi connectivity index (χ1n) is 17.6. The molecule has 2 fully saturated rings. The second-order valence-electron chi connectivity index (χ2n) is 13.9. The number of unbranched alkanes of at least 4 members (excludes halogenated alkanes) is 1. The summed E-state index contributed by atoms with van der Waals surface area (Å²) < 4.78 is 0. The van der Waals surface area contributed by atoms with Crippen LogP contribution in [0.5, 0.6) is 0 Å². The van der Waals surface area contributed by atoms with E-state index in [-0.39, 0.29) is 36.4 Å². The number of fused-ring (bicyclic) bond motifs is 2. The maximum Gasteiger partial charge on any atom is 0.245 e. The average Bonchev–Trinajstić information content (AvgIpc) is 3.34. The summed E-state index contributed by atoms with van der Waals surface area (Å²) in [4.78, 5) is 57.1. The maximum absolute atomic E-state index is 14.0. The fourth-order valence-electron chi connectivity index (χ4n) is 7.06. The molecule has 0 aromatic heterocycles. The van der Waals surface area contributed by atoms with Crippen LogP contribution < -0.4 is 33.2 Å². The van der Waals surface area contributed by atoms with Crippen LogP contribution in [0.4, 0.5) is 0 Å². The van der Waals surface area contributed by atoms with Gasteiger partial charge in [0, 0.05) is 24.5 Å². The Bertz CT molecular complexity index is 1330. The lowest BCUT2D eigenvalue weighted by Gasteiger charge is -2.40. The quantitative estimate of drug-likeness (QED) is 0.140. The molecule has 2 bridgehead atoms. The Balaban J connectivity index is 1.49. The van der Waals surface area contributed by atoms with E-state index < -0.39 is 41.9 Å². The normalized spacial score (nSPS) is 21.2. The Morgan fingerprint density at radius 3 is 1.83 bits per heavy atom. The average molecular weight is 662 g/mol. The Hall–Kier alpha value is -3.80. The minimum Gasteiger partial charge on any atom is -0.343 e. The summed E-state index contributed by atoms with van der Waals surface area (Å²) in [6, 6.07) is 15.6. The van der Waals surface area contributed by atoms with Crippen molar-refractivity contribution >= 4 is 23.6 Å². The zero-order chi connectivity index (χ0) is 34.6. The van der Waals surface area contributed by atoms with Gasteiger partial charge in [0.15, 0.2) is 0 Å². The summed E-state index contributed by atoms with van der Waals surface area (Å²) in [6.07, 6.45) is 6.13. The topological polar surface area (TPSA) is 186 Å². The van der Waals surface area contributed by atoms with Crippen molar-refractivity contribution in [1.29, 1.82) is 0 Å². The second kappa shape index (κ2) is 18.1. The molecule has 262 valence electrons. The van der Waals surface area contributed by atoms with Gasteiger partial charge in [-0.15, -0.1) is 0 Å². The van der Waals surface area contributed by atoms with E-state index >= 15 is 0 Å². The molecule has 2 aromatic rings. The molecule has 4 rings (SSSR count). The number of nitrogens with one attached hydrogen (secondary N) is 3. The second-order valence-corrected chi connectivity index (χ2v) is 13.9. The van der Waals surface area contributed by atoms with Gasteiger partial charge in [0.25, 0.3) is 0 Å². The number of rotatable bonds is 17. The molecule has 0 spiro atoms. The van der Waals surface area contributed by atoms with Gasteiger partial charge < -0.3 is 38.1 Å². The van der Waals surface area contributed by atoms with E-state index in [0.717, 1.165) is 43.2 Å². The van der Waals surface area contributed by atoms with Gasteiger partial charge >= 0.3 is 0 Å². The fraction of sp³-hybridized carbons (Fsp3) is 0.568. The third-order valence-corrected chi connectivity index (χ3v) is 9.48. The molecule has 0 aliphatic carbocycles. The molecular formula is C37H55N7O4. The van der Waals surface area contributed by atoms with E-state index in [1.54, 1.807) is 0 Å². The van der Waals surface area contributed by atoms with Gasteiger partial charge in [0.2, 0.25) is 23.6 Å².